The quantitative estimate of drug-likeness (QED) is 0.808. The van der Waals surface area contributed by atoms with Crippen LogP contribution in [0.1, 0.15) is 45.4 Å². The summed E-state index contributed by atoms with van der Waals surface area (Å²) in [7, 11) is -0.795. The molecule has 1 saturated carbocycles. The average molecular weight is 290 g/mol. The van der Waals surface area contributed by atoms with E-state index < -0.39 is 9.84 Å². The lowest BCUT2D eigenvalue weighted by Gasteiger charge is -2.36. The van der Waals surface area contributed by atoms with Crippen molar-refractivity contribution in [3.8, 4) is 0 Å². The maximum atomic E-state index is 11.3. The molecule has 1 aliphatic rings. The first-order valence-corrected chi connectivity index (χ1v) is 9.61. The van der Waals surface area contributed by atoms with E-state index in [-0.39, 0.29) is 5.75 Å². The van der Waals surface area contributed by atoms with Gasteiger partial charge >= 0.3 is 0 Å². The Bertz CT molecular complexity index is 343. The van der Waals surface area contributed by atoms with E-state index >= 15 is 0 Å². The lowest BCUT2D eigenvalue weighted by atomic mass is 9.91. The first-order valence-electron chi connectivity index (χ1n) is 7.55. The minimum atomic E-state index is -2.87. The van der Waals surface area contributed by atoms with Crippen LogP contribution in [0.25, 0.3) is 0 Å². The fourth-order valence-electron chi connectivity index (χ4n) is 2.97. The summed E-state index contributed by atoms with van der Waals surface area (Å²) in [5.74, 6) is 0.263. The van der Waals surface area contributed by atoms with E-state index in [1.807, 2.05) is 0 Å². The summed E-state index contributed by atoms with van der Waals surface area (Å²) in [5.41, 5.74) is 0. The van der Waals surface area contributed by atoms with Crippen LogP contribution in [0, 0.1) is 0 Å². The molecular formula is C14H30N2O2S. The van der Waals surface area contributed by atoms with Crippen molar-refractivity contribution in [1.82, 2.24) is 10.2 Å². The van der Waals surface area contributed by atoms with Crippen LogP contribution in [0.2, 0.25) is 0 Å². The molecule has 5 heteroatoms. The van der Waals surface area contributed by atoms with Crippen molar-refractivity contribution in [2.24, 2.45) is 0 Å². The summed E-state index contributed by atoms with van der Waals surface area (Å²) in [5, 5.41) is 3.59. The van der Waals surface area contributed by atoms with Crippen LogP contribution >= 0.6 is 0 Å². The summed E-state index contributed by atoms with van der Waals surface area (Å²) in [6, 6.07) is 0.983. The van der Waals surface area contributed by atoms with Crippen LogP contribution in [0.3, 0.4) is 0 Å². The highest BCUT2D eigenvalue weighted by molar-refractivity contribution is 7.90. The molecule has 2 unspecified atom stereocenters. The van der Waals surface area contributed by atoms with Gasteiger partial charge in [0.1, 0.15) is 9.84 Å². The van der Waals surface area contributed by atoms with Gasteiger partial charge in [0, 0.05) is 24.9 Å². The Morgan fingerprint density at radius 1 is 1.16 bits per heavy atom. The Kier molecular flexibility index (Phi) is 7.32. The molecule has 0 aromatic carbocycles. The zero-order valence-electron chi connectivity index (χ0n) is 12.7. The third-order valence-electron chi connectivity index (χ3n) is 4.08. The number of nitrogens with one attached hydrogen (secondary N) is 1. The fraction of sp³-hybridized carbons (Fsp3) is 1.00. The van der Waals surface area contributed by atoms with Crippen LogP contribution < -0.4 is 5.32 Å². The van der Waals surface area contributed by atoms with Crippen molar-refractivity contribution in [3.63, 3.8) is 0 Å². The SMILES string of the molecule is CCNC1CCCCCCC1N(C)CCS(C)(=O)=O. The van der Waals surface area contributed by atoms with E-state index in [4.69, 9.17) is 0 Å². The topological polar surface area (TPSA) is 49.4 Å². The van der Waals surface area contributed by atoms with Gasteiger partial charge in [-0.05, 0) is 26.4 Å². The largest absolute Gasteiger partial charge is 0.313 e. The number of rotatable bonds is 6. The van der Waals surface area contributed by atoms with Gasteiger partial charge in [0.05, 0.1) is 5.75 Å². The predicted molar refractivity (Wildman–Crippen MR) is 81.3 cm³/mol. The average Bonchev–Trinajstić information content (AvgIpc) is 2.29. The molecule has 1 aliphatic carbocycles. The summed E-state index contributed by atoms with van der Waals surface area (Å²) in [6.07, 6.45) is 8.90. The third-order valence-corrected chi connectivity index (χ3v) is 5.00. The smallest absolute Gasteiger partial charge is 0.148 e. The van der Waals surface area contributed by atoms with Gasteiger partial charge in [0.25, 0.3) is 0 Å². The predicted octanol–water partition coefficient (Wildman–Crippen LogP) is 1.66. The van der Waals surface area contributed by atoms with Crippen molar-refractivity contribution in [2.75, 3.05) is 32.1 Å². The van der Waals surface area contributed by atoms with Gasteiger partial charge in [-0.15, -0.1) is 0 Å². The molecule has 0 saturated heterocycles. The molecule has 0 aromatic heterocycles. The maximum Gasteiger partial charge on any atom is 0.148 e. The fourth-order valence-corrected chi connectivity index (χ4v) is 3.59. The monoisotopic (exact) mass is 290 g/mol. The van der Waals surface area contributed by atoms with Crippen LogP contribution in [-0.2, 0) is 9.84 Å². The van der Waals surface area contributed by atoms with Gasteiger partial charge < -0.3 is 10.2 Å². The number of likely N-dealkylation sites (N-methyl/N-ethyl adjacent to an activating group) is 2. The van der Waals surface area contributed by atoms with Crippen molar-refractivity contribution >= 4 is 9.84 Å². The Morgan fingerprint density at radius 3 is 2.37 bits per heavy atom. The molecule has 1 rings (SSSR count). The van der Waals surface area contributed by atoms with Crippen LogP contribution in [0.5, 0.6) is 0 Å². The molecule has 2 atom stereocenters. The Labute approximate surface area is 118 Å². The Morgan fingerprint density at radius 2 is 1.79 bits per heavy atom. The first-order chi connectivity index (χ1) is 8.94. The molecule has 0 radical (unpaired) electrons. The van der Waals surface area contributed by atoms with Crippen molar-refractivity contribution < 1.29 is 8.42 Å². The first kappa shape index (κ1) is 16.9. The summed E-state index contributed by atoms with van der Waals surface area (Å²) in [6.45, 7) is 3.78. The minimum Gasteiger partial charge on any atom is -0.313 e. The van der Waals surface area contributed by atoms with Gasteiger partial charge in [0.2, 0.25) is 0 Å². The molecule has 1 N–H and O–H groups in total. The molecule has 114 valence electrons. The molecule has 0 bridgehead atoms. The molecular weight excluding hydrogens is 260 g/mol. The summed E-state index contributed by atoms with van der Waals surface area (Å²) in [4.78, 5) is 2.25. The standard InChI is InChI=1S/C14H30N2O2S/c1-4-15-13-9-7-5-6-8-10-14(13)16(2)11-12-19(3,17)18/h13-15H,4-12H2,1-3H3. The highest BCUT2D eigenvalue weighted by atomic mass is 32.2. The third kappa shape index (κ3) is 6.72. The zero-order valence-corrected chi connectivity index (χ0v) is 13.5. The minimum absolute atomic E-state index is 0.263. The van der Waals surface area contributed by atoms with E-state index in [0.29, 0.717) is 18.6 Å². The number of hydrogen-bond donors (Lipinski definition) is 1. The van der Waals surface area contributed by atoms with E-state index in [2.05, 4.69) is 24.2 Å². The number of sulfone groups is 1. The second-order valence-electron chi connectivity index (χ2n) is 5.83. The lowest BCUT2D eigenvalue weighted by molar-refractivity contribution is 0.171. The normalized spacial score (nSPS) is 26.1. The van der Waals surface area contributed by atoms with E-state index in [1.54, 1.807) is 0 Å². The van der Waals surface area contributed by atoms with Gasteiger partial charge in [-0.25, -0.2) is 8.42 Å². The second kappa shape index (κ2) is 8.22. The molecule has 0 amide bonds. The maximum absolute atomic E-state index is 11.3. The van der Waals surface area contributed by atoms with Crippen LogP contribution in [-0.4, -0.2) is 57.5 Å². The molecule has 0 heterocycles. The highest BCUT2D eigenvalue weighted by Gasteiger charge is 2.25. The summed E-state index contributed by atoms with van der Waals surface area (Å²) >= 11 is 0. The number of hydrogen-bond acceptors (Lipinski definition) is 4. The lowest BCUT2D eigenvalue weighted by Crippen LogP contribution is -2.50. The molecule has 19 heavy (non-hydrogen) atoms. The molecule has 1 fully saturated rings. The zero-order chi connectivity index (χ0) is 14.3. The van der Waals surface area contributed by atoms with Crippen LogP contribution in [0.15, 0.2) is 0 Å². The molecule has 4 nitrogen and oxygen atoms in total. The van der Waals surface area contributed by atoms with Crippen molar-refractivity contribution in [1.29, 1.82) is 0 Å². The van der Waals surface area contributed by atoms with E-state index in [0.717, 1.165) is 6.54 Å². The van der Waals surface area contributed by atoms with Gasteiger partial charge in [0.15, 0.2) is 0 Å². The van der Waals surface area contributed by atoms with E-state index in [1.165, 1.54) is 44.8 Å². The van der Waals surface area contributed by atoms with Gasteiger partial charge in [-0.3, -0.25) is 0 Å². The summed E-state index contributed by atoms with van der Waals surface area (Å²) < 4.78 is 22.6. The molecule has 0 spiro atoms. The Balaban J connectivity index is 2.60. The van der Waals surface area contributed by atoms with Crippen molar-refractivity contribution in [3.05, 3.63) is 0 Å². The Hall–Kier alpha value is -0.130. The second-order valence-corrected chi connectivity index (χ2v) is 8.09. The van der Waals surface area contributed by atoms with Crippen molar-refractivity contribution in [2.45, 2.75) is 57.5 Å². The molecule has 0 aliphatic heterocycles. The number of nitrogens with zero attached hydrogens (tertiary/aromatic N) is 1. The molecule has 0 aromatic rings. The van der Waals surface area contributed by atoms with Crippen LogP contribution in [0.4, 0.5) is 0 Å². The van der Waals surface area contributed by atoms with Gasteiger partial charge in [-0.2, -0.15) is 0 Å². The van der Waals surface area contributed by atoms with E-state index in [9.17, 15) is 8.42 Å². The van der Waals surface area contributed by atoms with Gasteiger partial charge in [-0.1, -0.05) is 32.6 Å². The highest BCUT2D eigenvalue weighted by Crippen LogP contribution is 2.21.